The first-order valence-electron chi connectivity index (χ1n) is 6.02. The van der Waals surface area contributed by atoms with E-state index in [4.69, 9.17) is 5.73 Å². The summed E-state index contributed by atoms with van der Waals surface area (Å²) in [7, 11) is 0. The van der Waals surface area contributed by atoms with Gasteiger partial charge in [0.15, 0.2) is 0 Å². The summed E-state index contributed by atoms with van der Waals surface area (Å²) in [5.74, 6) is -0.111. The van der Waals surface area contributed by atoms with Gasteiger partial charge in [-0.25, -0.2) is 0 Å². The van der Waals surface area contributed by atoms with Gasteiger partial charge < -0.3 is 16.0 Å². The van der Waals surface area contributed by atoms with Crippen molar-refractivity contribution >= 4 is 11.6 Å². The number of carbonyl (C=O) groups is 1. The zero-order valence-electron chi connectivity index (χ0n) is 10.1. The molecule has 2 aromatic rings. The fraction of sp³-hybridized carbons (Fsp3) is 0.214. The topological polar surface area (TPSA) is 70.9 Å². The van der Waals surface area contributed by atoms with E-state index in [2.05, 4.69) is 22.4 Å². The van der Waals surface area contributed by atoms with Crippen LogP contribution in [0.15, 0.2) is 42.6 Å². The molecule has 4 nitrogen and oxygen atoms in total. The van der Waals surface area contributed by atoms with Crippen molar-refractivity contribution in [2.45, 2.75) is 12.8 Å². The van der Waals surface area contributed by atoms with Gasteiger partial charge in [0.25, 0.3) is 5.91 Å². The summed E-state index contributed by atoms with van der Waals surface area (Å²) in [5, 5.41) is 2.86. The van der Waals surface area contributed by atoms with Gasteiger partial charge >= 0.3 is 0 Å². The lowest BCUT2D eigenvalue weighted by atomic mass is 10.1. The highest BCUT2D eigenvalue weighted by Gasteiger charge is 2.06. The Morgan fingerprint density at radius 3 is 2.72 bits per heavy atom. The Morgan fingerprint density at radius 1 is 1.28 bits per heavy atom. The van der Waals surface area contributed by atoms with Crippen LogP contribution in [-0.2, 0) is 6.42 Å². The van der Waals surface area contributed by atoms with Gasteiger partial charge in [-0.2, -0.15) is 0 Å². The molecule has 4 N–H and O–H groups in total. The Bertz CT molecular complexity index is 505. The van der Waals surface area contributed by atoms with Crippen LogP contribution in [0.3, 0.4) is 0 Å². The molecule has 0 unspecified atom stereocenters. The molecule has 0 spiro atoms. The third-order valence-electron chi connectivity index (χ3n) is 2.72. The highest BCUT2D eigenvalue weighted by atomic mass is 16.1. The van der Waals surface area contributed by atoms with Gasteiger partial charge in [-0.15, -0.1) is 0 Å². The van der Waals surface area contributed by atoms with Crippen LogP contribution in [0.4, 0.5) is 5.69 Å². The second-order valence-electron chi connectivity index (χ2n) is 4.19. The van der Waals surface area contributed by atoms with Crippen LogP contribution in [0.1, 0.15) is 22.5 Å². The fourth-order valence-corrected chi connectivity index (χ4v) is 1.78. The van der Waals surface area contributed by atoms with E-state index < -0.39 is 0 Å². The summed E-state index contributed by atoms with van der Waals surface area (Å²) in [6, 6.07) is 11.9. The fourth-order valence-electron chi connectivity index (χ4n) is 1.78. The van der Waals surface area contributed by atoms with Crippen molar-refractivity contribution in [3.63, 3.8) is 0 Å². The van der Waals surface area contributed by atoms with Crippen molar-refractivity contribution in [1.29, 1.82) is 0 Å². The number of rotatable bonds is 5. The Balaban J connectivity index is 1.71. The summed E-state index contributed by atoms with van der Waals surface area (Å²) in [4.78, 5) is 14.5. The smallest absolute Gasteiger partial charge is 0.267 e. The zero-order valence-corrected chi connectivity index (χ0v) is 10.1. The lowest BCUT2D eigenvalue weighted by Crippen LogP contribution is -2.25. The third-order valence-corrected chi connectivity index (χ3v) is 2.72. The Labute approximate surface area is 106 Å². The van der Waals surface area contributed by atoms with Gasteiger partial charge in [0, 0.05) is 18.4 Å². The number of nitrogen functional groups attached to an aromatic ring is 1. The number of carbonyl (C=O) groups excluding carboxylic acids is 1. The van der Waals surface area contributed by atoms with Gasteiger partial charge in [0.2, 0.25) is 0 Å². The predicted molar refractivity (Wildman–Crippen MR) is 72.3 cm³/mol. The van der Waals surface area contributed by atoms with Crippen molar-refractivity contribution in [3.8, 4) is 0 Å². The lowest BCUT2D eigenvalue weighted by molar-refractivity contribution is 0.0949. The molecule has 1 amide bonds. The van der Waals surface area contributed by atoms with Crippen LogP contribution in [0, 0.1) is 0 Å². The summed E-state index contributed by atoms with van der Waals surface area (Å²) >= 11 is 0. The number of hydrogen-bond acceptors (Lipinski definition) is 2. The van der Waals surface area contributed by atoms with Crippen LogP contribution in [0.25, 0.3) is 0 Å². The third kappa shape index (κ3) is 3.38. The number of aromatic amines is 1. The first-order valence-corrected chi connectivity index (χ1v) is 6.02. The molecule has 1 heterocycles. The van der Waals surface area contributed by atoms with Crippen LogP contribution >= 0.6 is 0 Å². The Kier molecular flexibility index (Phi) is 4.02. The van der Waals surface area contributed by atoms with Crippen molar-refractivity contribution in [1.82, 2.24) is 10.3 Å². The number of anilines is 1. The number of aryl methyl sites for hydroxylation is 1. The maximum Gasteiger partial charge on any atom is 0.267 e. The minimum atomic E-state index is -0.111. The van der Waals surface area contributed by atoms with E-state index in [-0.39, 0.29) is 5.91 Å². The number of amides is 1. The average Bonchev–Trinajstić information content (AvgIpc) is 2.82. The Hall–Kier alpha value is -2.23. The molecule has 2 rings (SSSR count). The van der Waals surface area contributed by atoms with Gasteiger partial charge in [0.1, 0.15) is 5.69 Å². The summed E-state index contributed by atoms with van der Waals surface area (Å²) in [6.45, 7) is 0.659. The molecule has 0 fully saturated rings. The number of benzene rings is 1. The number of nitrogens with one attached hydrogen (secondary N) is 2. The first-order chi connectivity index (χ1) is 8.75. The minimum Gasteiger partial charge on any atom is -0.397 e. The highest BCUT2D eigenvalue weighted by molar-refractivity contribution is 5.93. The summed E-state index contributed by atoms with van der Waals surface area (Å²) in [6.07, 6.45) is 3.50. The standard InChI is InChI=1S/C14H17N3O/c15-12-9-13(17-10-12)14(18)16-8-4-7-11-5-2-1-3-6-11/h1-3,5-6,9-10,17H,4,7-8,15H2,(H,16,18). The van der Waals surface area contributed by atoms with Gasteiger partial charge in [-0.3, -0.25) is 4.79 Å². The van der Waals surface area contributed by atoms with Crippen molar-refractivity contribution in [3.05, 3.63) is 53.9 Å². The molecule has 18 heavy (non-hydrogen) atoms. The average molecular weight is 243 g/mol. The number of aromatic nitrogens is 1. The summed E-state index contributed by atoms with van der Waals surface area (Å²) in [5.41, 5.74) is 7.90. The normalized spacial score (nSPS) is 10.2. The molecule has 0 atom stereocenters. The largest absolute Gasteiger partial charge is 0.397 e. The van der Waals surface area contributed by atoms with Crippen LogP contribution in [0.5, 0.6) is 0 Å². The van der Waals surface area contributed by atoms with Gasteiger partial charge in [0.05, 0.1) is 0 Å². The molecule has 1 aromatic heterocycles. The van der Waals surface area contributed by atoms with Crippen molar-refractivity contribution in [2.75, 3.05) is 12.3 Å². The molecule has 1 aromatic carbocycles. The second-order valence-corrected chi connectivity index (χ2v) is 4.19. The van der Waals surface area contributed by atoms with E-state index >= 15 is 0 Å². The van der Waals surface area contributed by atoms with Crippen LogP contribution in [-0.4, -0.2) is 17.4 Å². The van der Waals surface area contributed by atoms with Crippen LogP contribution < -0.4 is 11.1 Å². The lowest BCUT2D eigenvalue weighted by Gasteiger charge is -2.04. The molecule has 0 saturated carbocycles. The molecule has 0 aliphatic rings. The molecule has 4 heteroatoms. The minimum absolute atomic E-state index is 0.111. The SMILES string of the molecule is Nc1c[nH]c(C(=O)NCCCc2ccccc2)c1. The monoisotopic (exact) mass is 243 g/mol. The Morgan fingerprint density at radius 2 is 2.06 bits per heavy atom. The van der Waals surface area contributed by atoms with Crippen molar-refractivity contribution < 1.29 is 4.79 Å². The maximum atomic E-state index is 11.7. The van der Waals surface area contributed by atoms with E-state index in [1.54, 1.807) is 12.3 Å². The van der Waals surface area contributed by atoms with E-state index in [9.17, 15) is 4.79 Å². The molecular weight excluding hydrogens is 226 g/mol. The predicted octanol–water partition coefficient (Wildman–Crippen LogP) is 1.96. The zero-order chi connectivity index (χ0) is 12.8. The molecule has 0 aliphatic heterocycles. The molecular formula is C14H17N3O. The second kappa shape index (κ2) is 5.91. The van der Waals surface area contributed by atoms with E-state index in [0.717, 1.165) is 12.8 Å². The molecule has 0 bridgehead atoms. The molecule has 0 saturated heterocycles. The van der Waals surface area contributed by atoms with Crippen LogP contribution in [0.2, 0.25) is 0 Å². The first kappa shape index (κ1) is 12.2. The maximum absolute atomic E-state index is 11.7. The quantitative estimate of drug-likeness (QED) is 0.702. The van der Waals surface area contributed by atoms with Gasteiger partial charge in [-0.1, -0.05) is 30.3 Å². The number of hydrogen-bond donors (Lipinski definition) is 3. The number of H-pyrrole nitrogens is 1. The molecule has 94 valence electrons. The van der Waals surface area contributed by atoms with E-state index in [1.165, 1.54) is 5.56 Å². The van der Waals surface area contributed by atoms with E-state index in [0.29, 0.717) is 17.9 Å². The number of nitrogens with two attached hydrogens (primary N) is 1. The summed E-state index contributed by atoms with van der Waals surface area (Å²) < 4.78 is 0. The van der Waals surface area contributed by atoms with Crippen molar-refractivity contribution in [2.24, 2.45) is 0 Å². The molecule has 0 radical (unpaired) electrons. The van der Waals surface area contributed by atoms with E-state index in [1.807, 2.05) is 18.2 Å². The van der Waals surface area contributed by atoms with Gasteiger partial charge in [-0.05, 0) is 24.5 Å². The molecule has 0 aliphatic carbocycles. The highest BCUT2D eigenvalue weighted by Crippen LogP contribution is 2.04.